The first-order valence-corrected chi connectivity index (χ1v) is 9.00. The highest BCUT2D eigenvalue weighted by Crippen LogP contribution is 2.31. The molecule has 0 saturated carbocycles. The van der Waals surface area contributed by atoms with E-state index in [0.29, 0.717) is 18.7 Å². The first-order valence-electron chi connectivity index (χ1n) is 9.00. The second-order valence-electron chi connectivity index (χ2n) is 6.96. The third kappa shape index (κ3) is 3.30. The molecule has 2 aromatic heterocycles. The van der Waals surface area contributed by atoms with Crippen molar-refractivity contribution in [1.82, 2.24) is 19.7 Å². The summed E-state index contributed by atoms with van der Waals surface area (Å²) < 4.78 is 7.65. The molecular formula is C21H22N4O2. The largest absolute Gasteiger partial charge is 0.491 e. The third-order valence-electron chi connectivity index (χ3n) is 4.91. The maximum Gasteiger partial charge on any atom is 0.257 e. The van der Waals surface area contributed by atoms with Crippen LogP contribution in [-0.4, -0.2) is 38.2 Å². The predicted octanol–water partition coefficient (Wildman–Crippen LogP) is 3.21. The van der Waals surface area contributed by atoms with Gasteiger partial charge in [-0.1, -0.05) is 12.1 Å². The van der Waals surface area contributed by atoms with Crippen LogP contribution in [0.5, 0.6) is 5.75 Å². The molecule has 0 N–H and O–H groups in total. The van der Waals surface area contributed by atoms with Crippen LogP contribution in [0.4, 0.5) is 0 Å². The summed E-state index contributed by atoms with van der Waals surface area (Å²) in [6.45, 7) is 4.83. The number of benzene rings is 1. The standard InChI is InChI=1S/C21H22N4O2/c1-14-13-27-20-7-6-16(17-5-4-8-22-10-17)9-18(20)11-25(14)21(26)19-12-24(3)23-15(19)2/h4-10,12,14H,11,13H2,1-3H3. The van der Waals surface area contributed by atoms with Gasteiger partial charge >= 0.3 is 0 Å². The molecule has 0 bridgehead atoms. The van der Waals surface area contributed by atoms with Gasteiger partial charge in [-0.15, -0.1) is 0 Å². The lowest BCUT2D eigenvalue weighted by molar-refractivity contribution is 0.0644. The highest BCUT2D eigenvalue weighted by atomic mass is 16.5. The second-order valence-corrected chi connectivity index (χ2v) is 6.96. The van der Waals surface area contributed by atoms with Crippen LogP contribution < -0.4 is 4.74 Å². The van der Waals surface area contributed by atoms with Crippen molar-refractivity contribution in [3.05, 3.63) is 65.7 Å². The van der Waals surface area contributed by atoms with E-state index in [9.17, 15) is 4.79 Å². The summed E-state index contributed by atoms with van der Waals surface area (Å²) in [5, 5.41) is 4.30. The van der Waals surface area contributed by atoms with Gasteiger partial charge in [0.2, 0.25) is 0 Å². The molecule has 6 heteroatoms. The molecule has 1 unspecified atom stereocenters. The maximum atomic E-state index is 13.2. The molecule has 3 heterocycles. The number of ether oxygens (including phenoxy) is 1. The molecule has 138 valence electrons. The van der Waals surface area contributed by atoms with Crippen molar-refractivity contribution in [3.8, 4) is 16.9 Å². The van der Waals surface area contributed by atoms with Crippen LogP contribution in [0.25, 0.3) is 11.1 Å². The first kappa shape index (κ1) is 17.3. The number of amides is 1. The van der Waals surface area contributed by atoms with Gasteiger partial charge in [0.25, 0.3) is 5.91 Å². The van der Waals surface area contributed by atoms with Gasteiger partial charge in [-0.25, -0.2) is 0 Å². The van der Waals surface area contributed by atoms with Crippen molar-refractivity contribution in [2.45, 2.75) is 26.4 Å². The van der Waals surface area contributed by atoms with Crippen LogP contribution in [0.2, 0.25) is 0 Å². The van der Waals surface area contributed by atoms with Gasteiger partial charge in [0, 0.05) is 36.8 Å². The second kappa shape index (κ2) is 6.87. The van der Waals surface area contributed by atoms with Crippen molar-refractivity contribution >= 4 is 5.91 Å². The number of fused-ring (bicyclic) bond motifs is 1. The quantitative estimate of drug-likeness (QED) is 0.702. The van der Waals surface area contributed by atoms with Crippen LogP contribution in [-0.2, 0) is 13.6 Å². The fraction of sp³-hybridized carbons (Fsp3) is 0.286. The minimum absolute atomic E-state index is 0.0173. The molecular weight excluding hydrogens is 340 g/mol. The van der Waals surface area contributed by atoms with Crippen molar-refractivity contribution in [1.29, 1.82) is 0 Å². The lowest BCUT2D eigenvalue weighted by Gasteiger charge is -2.26. The van der Waals surface area contributed by atoms with Gasteiger partial charge in [0.15, 0.2) is 0 Å². The van der Waals surface area contributed by atoms with Crippen molar-refractivity contribution in [2.24, 2.45) is 7.05 Å². The lowest BCUT2D eigenvalue weighted by atomic mass is 10.0. The SMILES string of the molecule is Cc1nn(C)cc1C(=O)N1Cc2cc(-c3cccnc3)ccc2OCC1C. The van der Waals surface area contributed by atoms with E-state index in [1.54, 1.807) is 17.1 Å². The van der Waals surface area contributed by atoms with Gasteiger partial charge in [-0.05, 0) is 37.6 Å². The van der Waals surface area contributed by atoms with Crippen LogP contribution in [0.1, 0.15) is 28.5 Å². The average molecular weight is 362 g/mol. The number of nitrogens with zero attached hydrogens (tertiary/aromatic N) is 4. The van der Waals surface area contributed by atoms with E-state index < -0.39 is 0 Å². The Bertz CT molecular complexity index is 981. The summed E-state index contributed by atoms with van der Waals surface area (Å²) in [5.41, 5.74) is 4.47. The zero-order valence-electron chi connectivity index (χ0n) is 15.7. The number of pyridine rings is 1. The molecule has 1 amide bonds. The molecule has 4 rings (SSSR count). The Morgan fingerprint density at radius 1 is 1.26 bits per heavy atom. The minimum atomic E-state index is -0.0358. The molecule has 1 aliphatic rings. The molecule has 1 atom stereocenters. The molecule has 0 spiro atoms. The zero-order valence-corrected chi connectivity index (χ0v) is 15.7. The van der Waals surface area contributed by atoms with E-state index in [0.717, 1.165) is 28.1 Å². The molecule has 3 aromatic rings. The normalized spacial score (nSPS) is 16.4. The van der Waals surface area contributed by atoms with E-state index in [1.807, 2.05) is 56.3 Å². The van der Waals surface area contributed by atoms with Gasteiger partial charge < -0.3 is 9.64 Å². The highest BCUT2D eigenvalue weighted by molar-refractivity contribution is 5.95. The Labute approximate surface area is 158 Å². The topological polar surface area (TPSA) is 60.2 Å². The number of aryl methyl sites for hydroxylation is 2. The first-order chi connectivity index (χ1) is 13.0. The molecule has 0 aliphatic carbocycles. The van der Waals surface area contributed by atoms with Gasteiger partial charge in [0.05, 0.1) is 23.8 Å². The lowest BCUT2D eigenvalue weighted by Crippen LogP contribution is -2.40. The van der Waals surface area contributed by atoms with Crippen molar-refractivity contribution in [3.63, 3.8) is 0 Å². The molecule has 0 radical (unpaired) electrons. The van der Waals surface area contributed by atoms with Crippen molar-refractivity contribution in [2.75, 3.05) is 6.61 Å². The molecule has 0 fully saturated rings. The average Bonchev–Trinajstić information content (AvgIpc) is 2.92. The summed E-state index contributed by atoms with van der Waals surface area (Å²) in [6.07, 6.45) is 5.38. The van der Waals surface area contributed by atoms with E-state index in [2.05, 4.69) is 16.1 Å². The van der Waals surface area contributed by atoms with E-state index >= 15 is 0 Å². The zero-order chi connectivity index (χ0) is 19.0. The molecule has 27 heavy (non-hydrogen) atoms. The number of hydrogen-bond acceptors (Lipinski definition) is 4. The monoisotopic (exact) mass is 362 g/mol. The summed E-state index contributed by atoms with van der Waals surface area (Å²) in [4.78, 5) is 19.2. The maximum absolute atomic E-state index is 13.2. The van der Waals surface area contributed by atoms with Crippen LogP contribution in [0.3, 0.4) is 0 Å². The van der Waals surface area contributed by atoms with E-state index in [-0.39, 0.29) is 11.9 Å². The number of rotatable bonds is 2. The summed E-state index contributed by atoms with van der Waals surface area (Å²) in [7, 11) is 1.83. The third-order valence-corrected chi connectivity index (χ3v) is 4.91. The Morgan fingerprint density at radius 3 is 2.81 bits per heavy atom. The fourth-order valence-electron chi connectivity index (χ4n) is 3.43. The fourth-order valence-corrected chi connectivity index (χ4v) is 3.43. The summed E-state index contributed by atoms with van der Waals surface area (Å²) in [5.74, 6) is 0.809. The van der Waals surface area contributed by atoms with Gasteiger partial charge in [-0.2, -0.15) is 5.10 Å². The Balaban J connectivity index is 1.69. The summed E-state index contributed by atoms with van der Waals surface area (Å²) in [6, 6.07) is 10.0. The molecule has 6 nitrogen and oxygen atoms in total. The van der Waals surface area contributed by atoms with E-state index in [4.69, 9.17) is 4.74 Å². The van der Waals surface area contributed by atoms with Crippen LogP contribution in [0.15, 0.2) is 48.9 Å². The van der Waals surface area contributed by atoms with E-state index in [1.165, 1.54) is 0 Å². The number of carbonyl (C=O) groups excluding carboxylic acids is 1. The molecule has 0 saturated heterocycles. The minimum Gasteiger partial charge on any atom is -0.491 e. The number of hydrogen-bond donors (Lipinski definition) is 0. The Kier molecular flexibility index (Phi) is 4.39. The Hall–Kier alpha value is -3.15. The van der Waals surface area contributed by atoms with Crippen LogP contribution >= 0.6 is 0 Å². The van der Waals surface area contributed by atoms with Gasteiger partial charge in [0.1, 0.15) is 12.4 Å². The van der Waals surface area contributed by atoms with Crippen molar-refractivity contribution < 1.29 is 9.53 Å². The highest BCUT2D eigenvalue weighted by Gasteiger charge is 2.28. The molecule has 1 aromatic carbocycles. The van der Waals surface area contributed by atoms with Gasteiger partial charge in [-0.3, -0.25) is 14.5 Å². The number of carbonyl (C=O) groups is 1. The summed E-state index contributed by atoms with van der Waals surface area (Å²) >= 11 is 0. The molecule has 1 aliphatic heterocycles. The smallest absolute Gasteiger partial charge is 0.257 e. The number of aromatic nitrogens is 3. The van der Waals surface area contributed by atoms with Crippen LogP contribution in [0, 0.1) is 6.92 Å². The predicted molar refractivity (Wildman–Crippen MR) is 102 cm³/mol. The Morgan fingerprint density at radius 2 is 2.11 bits per heavy atom.